The molecule has 0 bridgehead atoms. The summed E-state index contributed by atoms with van der Waals surface area (Å²) in [4.78, 5) is 12.3. The number of carbonyl (C=O) groups excluding carboxylic acids is 1. The first-order valence-corrected chi connectivity index (χ1v) is 12.3. The SMILES string of the molecule is CC(C)[C@H]1OC(=O)C[C@@H](Cc2ccccc2)[C@@H]1[Si](C)(C)C(C)(C)C. The molecule has 1 aliphatic rings. The second-order valence-electron chi connectivity index (χ2n) is 9.35. The van der Waals surface area contributed by atoms with Crippen LogP contribution in [0.2, 0.25) is 23.7 Å². The summed E-state index contributed by atoms with van der Waals surface area (Å²) < 4.78 is 5.91. The molecular weight excluding hydrogens is 312 g/mol. The molecular formula is C21H34O2Si. The van der Waals surface area contributed by atoms with Gasteiger partial charge in [-0.2, -0.15) is 0 Å². The highest BCUT2D eigenvalue weighted by Crippen LogP contribution is 2.53. The van der Waals surface area contributed by atoms with Gasteiger partial charge in [0.25, 0.3) is 0 Å². The Hall–Kier alpha value is -1.09. The molecule has 1 heterocycles. The van der Waals surface area contributed by atoms with Crippen LogP contribution in [0.3, 0.4) is 0 Å². The van der Waals surface area contributed by atoms with Gasteiger partial charge in [-0.1, -0.05) is 78.0 Å². The van der Waals surface area contributed by atoms with Crippen molar-refractivity contribution in [3.05, 3.63) is 35.9 Å². The third-order valence-corrected chi connectivity index (χ3v) is 12.7. The lowest BCUT2D eigenvalue weighted by molar-refractivity contribution is -0.159. The minimum absolute atomic E-state index is 0.00964. The molecule has 3 heteroatoms. The Labute approximate surface area is 149 Å². The Balaban J connectivity index is 2.41. The van der Waals surface area contributed by atoms with Gasteiger partial charge in [0, 0.05) is 6.42 Å². The molecule has 0 saturated carbocycles. The number of hydrogen-bond acceptors (Lipinski definition) is 2. The van der Waals surface area contributed by atoms with Gasteiger partial charge in [-0.15, -0.1) is 0 Å². The Bertz CT molecular complexity index is 557. The van der Waals surface area contributed by atoms with E-state index in [2.05, 4.69) is 78.0 Å². The highest BCUT2D eigenvalue weighted by Gasteiger charge is 2.53. The Kier molecular flexibility index (Phi) is 5.63. The topological polar surface area (TPSA) is 26.3 Å². The van der Waals surface area contributed by atoms with Crippen molar-refractivity contribution in [3.63, 3.8) is 0 Å². The molecule has 1 fully saturated rings. The fourth-order valence-electron chi connectivity index (χ4n) is 4.05. The Morgan fingerprint density at radius 2 is 1.75 bits per heavy atom. The van der Waals surface area contributed by atoms with Gasteiger partial charge in [0.2, 0.25) is 0 Å². The first-order chi connectivity index (χ1) is 11.0. The second kappa shape index (κ2) is 7.03. The normalized spacial score (nSPS) is 25.7. The van der Waals surface area contributed by atoms with E-state index in [1.807, 2.05) is 0 Å². The number of ether oxygens (including phenoxy) is 1. The molecule has 1 aromatic rings. The first-order valence-electron chi connectivity index (χ1n) is 9.27. The molecule has 1 aliphatic heterocycles. The smallest absolute Gasteiger partial charge is 0.306 e. The van der Waals surface area contributed by atoms with E-state index in [0.717, 1.165) is 6.42 Å². The van der Waals surface area contributed by atoms with Crippen LogP contribution in [0.5, 0.6) is 0 Å². The van der Waals surface area contributed by atoms with E-state index in [9.17, 15) is 4.79 Å². The number of carbonyl (C=O) groups is 1. The van der Waals surface area contributed by atoms with Crippen LogP contribution < -0.4 is 0 Å². The summed E-state index contributed by atoms with van der Waals surface area (Å²) in [6.45, 7) is 16.5. The monoisotopic (exact) mass is 346 g/mol. The van der Waals surface area contributed by atoms with Crippen molar-refractivity contribution >= 4 is 14.0 Å². The summed E-state index contributed by atoms with van der Waals surface area (Å²) >= 11 is 0. The zero-order chi connectivity index (χ0) is 18.1. The van der Waals surface area contributed by atoms with E-state index in [4.69, 9.17) is 4.74 Å². The molecule has 0 N–H and O–H groups in total. The van der Waals surface area contributed by atoms with Crippen molar-refractivity contribution in [1.29, 1.82) is 0 Å². The Morgan fingerprint density at radius 3 is 2.25 bits per heavy atom. The van der Waals surface area contributed by atoms with Crippen molar-refractivity contribution in [1.82, 2.24) is 0 Å². The first kappa shape index (κ1) is 19.2. The van der Waals surface area contributed by atoms with E-state index in [1.54, 1.807) is 0 Å². The van der Waals surface area contributed by atoms with Gasteiger partial charge in [0.05, 0.1) is 8.07 Å². The lowest BCUT2D eigenvalue weighted by Gasteiger charge is -2.52. The standard InChI is InChI=1S/C21H34O2Si/c1-15(2)19-20(24(6,7)21(3,4)5)17(14-18(22)23-19)13-16-11-9-8-10-12-16/h8-12,15,17,19-20H,13-14H2,1-7H3/t17-,19-,20+/m1/s1. The van der Waals surface area contributed by atoms with Crippen LogP contribution in [-0.2, 0) is 16.0 Å². The van der Waals surface area contributed by atoms with E-state index < -0.39 is 8.07 Å². The lowest BCUT2D eigenvalue weighted by atomic mass is 9.85. The summed E-state index contributed by atoms with van der Waals surface area (Å²) in [5.41, 5.74) is 1.83. The van der Waals surface area contributed by atoms with Crippen molar-refractivity contribution in [2.24, 2.45) is 11.8 Å². The molecule has 1 aromatic carbocycles. The van der Waals surface area contributed by atoms with E-state index >= 15 is 0 Å². The molecule has 1 saturated heterocycles. The molecule has 2 rings (SSSR count). The zero-order valence-electron chi connectivity index (χ0n) is 16.4. The molecule has 0 amide bonds. The fourth-order valence-corrected chi connectivity index (χ4v) is 7.74. The van der Waals surface area contributed by atoms with Gasteiger partial charge in [0.1, 0.15) is 6.10 Å². The molecule has 0 unspecified atom stereocenters. The van der Waals surface area contributed by atoms with Crippen LogP contribution in [-0.4, -0.2) is 20.1 Å². The van der Waals surface area contributed by atoms with E-state index in [0.29, 0.717) is 23.8 Å². The van der Waals surface area contributed by atoms with Crippen LogP contribution in [0.25, 0.3) is 0 Å². The lowest BCUT2D eigenvalue weighted by Crippen LogP contribution is -2.54. The summed E-state index contributed by atoms with van der Waals surface area (Å²) in [7, 11) is -1.65. The molecule has 0 aromatic heterocycles. The zero-order valence-corrected chi connectivity index (χ0v) is 17.4. The van der Waals surface area contributed by atoms with Crippen LogP contribution in [0.1, 0.15) is 46.6 Å². The minimum atomic E-state index is -1.65. The number of esters is 1. The maximum atomic E-state index is 12.3. The van der Waals surface area contributed by atoms with Crippen LogP contribution in [0, 0.1) is 11.8 Å². The maximum absolute atomic E-state index is 12.3. The fraction of sp³-hybridized carbons (Fsp3) is 0.667. The van der Waals surface area contributed by atoms with Crippen molar-refractivity contribution in [3.8, 4) is 0 Å². The summed E-state index contributed by atoms with van der Waals surface area (Å²) in [6, 6.07) is 10.6. The third-order valence-electron chi connectivity index (χ3n) is 6.32. The van der Waals surface area contributed by atoms with Gasteiger partial charge >= 0.3 is 5.97 Å². The molecule has 24 heavy (non-hydrogen) atoms. The van der Waals surface area contributed by atoms with Crippen LogP contribution in [0.15, 0.2) is 30.3 Å². The maximum Gasteiger partial charge on any atom is 0.306 e. The highest BCUT2D eigenvalue weighted by molar-refractivity contribution is 6.81. The molecule has 3 atom stereocenters. The van der Waals surface area contributed by atoms with Gasteiger partial charge in [-0.05, 0) is 34.4 Å². The predicted molar refractivity (Wildman–Crippen MR) is 104 cm³/mol. The largest absolute Gasteiger partial charge is 0.462 e. The van der Waals surface area contributed by atoms with Crippen LogP contribution >= 0.6 is 0 Å². The van der Waals surface area contributed by atoms with Crippen LogP contribution in [0.4, 0.5) is 0 Å². The van der Waals surface area contributed by atoms with Crippen molar-refractivity contribution in [2.45, 2.75) is 77.2 Å². The quantitative estimate of drug-likeness (QED) is 0.516. The average molecular weight is 347 g/mol. The minimum Gasteiger partial charge on any atom is -0.462 e. The number of cyclic esters (lactones) is 1. The molecule has 0 aliphatic carbocycles. The number of hydrogen-bond donors (Lipinski definition) is 0. The summed E-state index contributed by atoms with van der Waals surface area (Å²) in [5.74, 6) is 0.748. The average Bonchev–Trinajstić information content (AvgIpc) is 2.46. The van der Waals surface area contributed by atoms with Gasteiger partial charge < -0.3 is 4.74 Å². The number of benzene rings is 1. The van der Waals surface area contributed by atoms with Gasteiger partial charge in [0.15, 0.2) is 0 Å². The molecule has 0 radical (unpaired) electrons. The summed E-state index contributed by atoms with van der Waals surface area (Å²) in [6.07, 6.45) is 1.60. The highest BCUT2D eigenvalue weighted by atomic mass is 28.3. The van der Waals surface area contributed by atoms with Crippen molar-refractivity contribution < 1.29 is 9.53 Å². The molecule has 134 valence electrons. The van der Waals surface area contributed by atoms with Gasteiger partial charge in [-0.25, -0.2) is 0 Å². The second-order valence-corrected chi connectivity index (χ2v) is 15.0. The Morgan fingerprint density at radius 1 is 1.17 bits per heavy atom. The predicted octanol–water partition coefficient (Wildman–Crippen LogP) is 5.70. The molecule has 0 spiro atoms. The van der Waals surface area contributed by atoms with Gasteiger partial charge in [-0.3, -0.25) is 4.79 Å². The molecule has 2 nitrogen and oxygen atoms in total. The summed E-state index contributed by atoms with van der Waals surface area (Å²) in [5, 5.41) is 0.281. The number of rotatable bonds is 4. The van der Waals surface area contributed by atoms with E-state index in [1.165, 1.54) is 5.56 Å². The third kappa shape index (κ3) is 3.93. The van der Waals surface area contributed by atoms with E-state index in [-0.39, 0.29) is 17.1 Å². The van der Waals surface area contributed by atoms with Crippen molar-refractivity contribution in [2.75, 3.05) is 0 Å².